The average molecular weight is 297 g/mol. The molecule has 1 fully saturated rings. The number of nitrogen functional groups attached to an aromatic ring is 1. The van der Waals surface area contributed by atoms with Gasteiger partial charge in [-0.2, -0.15) is 12.7 Å². The Balaban J connectivity index is 2.19. The van der Waals surface area contributed by atoms with Crippen molar-refractivity contribution in [2.24, 2.45) is 5.92 Å². The van der Waals surface area contributed by atoms with Crippen molar-refractivity contribution < 1.29 is 8.42 Å². The summed E-state index contributed by atoms with van der Waals surface area (Å²) < 4.78 is 28.9. The Bertz CT molecular complexity index is 591. The van der Waals surface area contributed by atoms with E-state index in [-0.39, 0.29) is 0 Å². The molecule has 2 rings (SSSR count). The lowest BCUT2D eigenvalue weighted by atomic mass is 10.0. The van der Waals surface area contributed by atoms with Crippen molar-refractivity contribution >= 4 is 21.6 Å². The minimum absolute atomic E-state index is 0.562. The molecule has 1 aromatic carbocycles. The maximum absolute atomic E-state index is 12.4. The highest BCUT2D eigenvalue weighted by Gasteiger charge is 2.26. The average Bonchev–Trinajstić information content (AvgIpc) is 2.40. The van der Waals surface area contributed by atoms with Crippen LogP contribution in [0.1, 0.15) is 30.9 Å². The third-order valence-corrected chi connectivity index (χ3v) is 5.58. The standard InChI is InChI=1S/C14H23N3O2S/c1-10-6-8-17(9-7-10)20(18,19)16-13-5-4-11(2)14(15)12(13)3/h4-5,10,16H,6-9,15H2,1-3H3. The maximum atomic E-state index is 12.4. The number of aryl methyl sites for hydroxylation is 1. The van der Waals surface area contributed by atoms with E-state index >= 15 is 0 Å². The van der Waals surface area contributed by atoms with Gasteiger partial charge in [0, 0.05) is 18.8 Å². The smallest absolute Gasteiger partial charge is 0.301 e. The highest BCUT2D eigenvalue weighted by Crippen LogP contribution is 2.27. The molecule has 0 unspecified atom stereocenters. The normalized spacial score (nSPS) is 18.1. The van der Waals surface area contributed by atoms with Crippen LogP contribution in [0.25, 0.3) is 0 Å². The Morgan fingerprint density at radius 3 is 2.45 bits per heavy atom. The SMILES string of the molecule is Cc1ccc(NS(=O)(=O)N2CCC(C)CC2)c(C)c1N. The van der Waals surface area contributed by atoms with Crippen LogP contribution in [-0.4, -0.2) is 25.8 Å². The van der Waals surface area contributed by atoms with Gasteiger partial charge in [0.15, 0.2) is 0 Å². The molecule has 0 spiro atoms. The molecule has 3 N–H and O–H groups in total. The minimum Gasteiger partial charge on any atom is -0.398 e. The first-order valence-corrected chi connectivity index (χ1v) is 8.39. The Hall–Kier alpha value is -1.27. The summed E-state index contributed by atoms with van der Waals surface area (Å²) in [6.45, 7) is 7.06. The number of hydrogen-bond donors (Lipinski definition) is 2. The molecular formula is C14H23N3O2S. The maximum Gasteiger partial charge on any atom is 0.301 e. The van der Waals surface area contributed by atoms with Crippen molar-refractivity contribution in [2.45, 2.75) is 33.6 Å². The zero-order chi connectivity index (χ0) is 14.9. The highest BCUT2D eigenvalue weighted by molar-refractivity contribution is 7.90. The van der Waals surface area contributed by atoms with Crippen LogP contribution in [0.5, 0.6) is 0 Å². The van der Waals surface area contributed by atoms with Gasteiger partial charge in [-0.15, -0.1) is 0 Å². The number of nitrogens with one attached hydrogen (secondary N) is 1. The molecule has 6 heteroatoms. The summed E-state index contributed by atoms with van der Waals surface area (Å²) in [5, 5.41) is 0. The number of rotatable bonds is 3. The molecule has 1 saturated heterocycles. The third-order valence-electron chi connectivity index (χ3n) is 4.05. The zero-order valence-corrected chi connectivity index (χ0v) is 13.1. The second-order valence-electron chi connectivity index (χ2n) is 5.66. The van der Waals surface area contributed by atoms with Crippen LogP contribution in [0.2, 0.25) is 0 Å². The van der Waals surface area contributed by atoms with E-state index in [1.165, 1.54) is 4.31 Å². The minimum atomic E-state index is -3.48. The van der Waals surface area contributed by atoms with Gasteiger partial charge in [0.05, 0.1) is 5.69 Å². The van der Waals surface area contributed by atoms with Crippen molar-refractivity contribution in [1.29, 1.82) is 0 Å². The van der Waals surface area contributed by atoms with E-state index in [9.17, 15) is 8.42 Å². The van der Waals surface area contributed by atoms with Crippen LogP contribution in [0.3, 0.4) is 0 Å². The van der Waals surface area contributed by atoms with Crippen molar-refractivity contribution in [1.82, 2.24) is 4.31 Å². The monoisotopic (exact) mass is 297 g/mol. The highest BCUT2D eigenvalue weighted by atomic mass is 32.2. The topological polar surface area (TPSA) is 75.4 Å². The summed E-state index contributed by atoms with van der Waals surface area (Å²) in [5.74, 6) is 0.596. The predicted octanol–water partition coefficient (Wildman–Crippen LogP) is 2.27. The molecule has 0 aromatic heterocycles. The fourth-order valence-corrected chi connectivity index (χ4v) is 3.72. The number of nitrogens with zero attached hydrogens (tertiary/aromatic N) is 1. The second kappa shape index (κ2) is 5.61. The van der Waals surface area contributed by atoms with Gasteiger partial charge in [0.25, 0.3) is 0 Å². The first-order valence-electron chi connectivity index (χ1n) is 6.95. The molecule has 0 radical (unpaired) electrons. The number of anilines is 2. The van der Waals surface area contributed by atoms with Gasteiger partial charge in [-0.3, -0.25) is 4.72 Å². The molecule has 1 heterocycles. The molecule has 112 valence electrons. The molecule has 20 heavy (non-hydrogen) atoms. The second-order valence-corrected chi connectivity index (χ2v) is 7.33. The van der Waals surface area contributed by atoms with Gasteiger partial charge in [0.2, 0.25) is 0 Å². The summed E-state index contributed by atoms with van der Waals surface area (Å²) in [4.78, 5) is 0. The van der Waals surface area contributed by atoms with Crippen molar-refractivity contribution in [3.05, 3.63) is 23.3 Å². The summed E-state index contributed by atoms with van der Waals surface area (Å²) >= 11 is 0. The van der Waals surface area contributed by atoms with E-state index < -0.39 is 10.2 Å². The van der Waals surface area contributed by atoms with Gasteiger partial charge < -0.3 is 5.73 Å². The number of benzene rings is 1. The largest absolute Gasteiger partial charge is 0.398 e. The van der Waals surface area contributed by atoms with Crippen LogP contribution < -0.4 is 10.5 Å². The van der Waals surface area contributed by atoms with Gasteiger partial charge in [-0.25, -0.2) is 0 Å². The zero-order valence-electron chi connectivity index (χ0n) is 12.3. The van der Waals surface area contributed by atoms with Crippen LogP contribution in [0, 0.1) is 19.8 Å². The van der Waals surface area contributed by atoms with Crippen molar-refractivity contribution in [3.8, 4) is 0 Å². The Kier molecular flexibility index (Phi) is 4.25. The van der Waals surface area contributed by atoms with Crippen LogP contribution in [0.15, 0.2) is 12.1 Å². The first-order chi connectivity index (χ1) is 9.31. The van der Waals surface area contributed by atoms with Crippen LogP contribution >= 0.6 is 0 Å². The summed E-state index contributed by atoms with van der Waals surface area (Å²) in [7, 11) is -3.48. The molecule has 1 aliphatic heterocycles. The first kappa shape index (κ1) is 15.1. The molecule has 0 bridgehead atoms. The number of hydrogen-bond acceptors (Lipinski definition) is 3. The van der Waals surface area contributed by atoms with E-state index in [4.69, 9.17) is 5.73 Å². The predicted molar refractivity (Wildman–Crippen MR) is 82.8 cm³/mol. The van der Waals surface area contributed by atoms with Crippen molar-refractivity contribution in [3.63, 3.8) is 0 Å². The van der Waals surface area contributed by atoms with Gasteiger partial charge in [0.1, 0.15) is 0 Å². The summed E-state index contributed by atoms with van der Waals surface area (Å²) in [6.07, 6.45) is 1.83. The number of piperidine rings is 1. The van der Waals surface area contributed by atoms with Gasteiger partial charge in [-0.05, 0) is 49.8 Å². The molecule has 0 saturated carbocycles. The van der Waals surface area contributed by atoms with Gasteiger partial charge >= 0.3 is 10.2 Å². The molecular weight excluding hydrogens is 274 g/mol. The summed E-state index contributed by atoms with van der Waals surface area (Å²) in [6, 6.07) is 3.60. The Morgan fingerprint density at radius 2 is 1.85 bits per heavy atom. The molecule has 0 amide bonds. The van der Waals surface area contributed by atoms with E-state index in [1.807, 2.05) is 19.9 Å². The molecule has 1 aromatic rings. The van der Waals surface area contributed by atoms with Crippen molar-refractivity contribution in [2.75, 3.05) is 23.5 Å². The lowest BCUT2D eigenvalue weighted by Crippen LogP contribution is -2.41. The quantitative estimate of drug-likeness (QED) is 0.840. The molecule has 0 atom stereocenters. The number of nitrogens with two attached hydrogens (primary N) is 1. The molecule has 1 aliphatic rings. The summed E-state index contributed by atoms with van der Waals surface area (Å²) in [5.41, 5.74) is 8.88. The Labute approximate surface area is 121 Å². The van der Waals surface area contributed by atoms with E-state index in [0.717, 1.165) is 24.0 Å². The lowest BCUT2D eigenvalue weighted by Gasteiger charge is -2.29. The Morgan fingerprint density at radius 1 is 1.25 bits per heavy atom. The van der Waals surface area contributed by atoms with E-state index in [0.29, 0.717) is 30.4 Å². The van der Waals surface area contributed by atoms with Crippen LogP contribution in [0.4, 0.5) is 11.4 Å². The fourth-order valence-electron chi connectivity index (χ4n) is 2.40. The molecule has 0 aliphatic carbocycles. The van der Waals surface area contributed by atoms with Crippen LogP contribution in [-0.2, 0) is 10.2 Å². The fraction of sp³-hybridized carbons (Fsp3) is 0.571. The van der Waals surface area contributed by atoms with E-state index in [2.05, 4.69) is 11.6 Å². The van der Waals surface area contributed by atoms with E-state index in [1.54, 1.807) is 6.07 Å². The third kappa shape index (κ3) is 3.07. The lowest BCUT2D eigenvalue weighted by molar-refractivity contribution is 0.289. The van der Waals surface area contributed by atoms with Gasteiger partial charge in [-0.1, -0.05) is 13.0 Å². The molecule has 5 nitrogen and oxygen atoms in total.